The molecule has 0 atom stereocenters. The summed E-state index contributed by atoms with van der Waals surface area (Å²) in [5, 5.41) is 18.0. The molecule has 1 aromatic rings. The Balaban J connectivity index is 3.21. The summed E-state index contributed by atoms with van der Waals surface area (Å²) in [6.45, 7) is 0. The summed E-state index contributed by atoms with van der Waals surface area (Å²) >= 11 is 0. The Labute approximate surface area is 76.1 Å². The average Bonchev–Trinajstić information content (AvgIpc) is 2.16. The number of nitrogens with zero attached hydrogens (tertiary/aromatic N) is 1. The average molecular weight is 183 g/mol. The van der Waals surface area contributed by atoms with Crippen molar-refractivity contribution in [2.45, 2.75) is 0 Å². The van der Waals surface area contributed by atoms with Crippen molar-refractivity contribution in [2.75, 3.05) is 14.2 Å². The molecule has 13 heavy (non-hydrogen) atoms. The topological polar surface area (TPSA) is 71.8 Å². The first-order valence-corrected chi connectivity index (χ1v) is 3.62. The summed E-state index contributed by atoms with van der Waals surface area (Å²) in [5.74, 6) is 0.573. The van der Waals surface area contributed by atoms with E-state index in [9.17, 15) is 0 Å². The van der Waals surface area contributed by atoms with E-state index < -0.39 is 7.12 Å². The zero-order valence-electron chi connectivity index (χ0n) is 7.39. The second-order valence-electron chi connectivity index (χ2n) is 2.33. The van der Waals surface area contributed by atoms with Crippen LogP contribution in [0.15, 0.2) is 12.4 Å². The third kappa shape index (κ3) is 1.91. The SMILES string of the molecule is COc1cncc(OC)c1B(O)O. The molecule has 0 aliphatic carbocycles. The van der Waals surface area contributed by atoms with Gasteiger partial charge in [0.05, 0.1) is 32.1 Å². The zero-order valence-corrected chi connectivity index (χ0v) is 7.39. The van der Waals surface area contributed by atoms with Crippen LogP contribution in [0.5, 0.6) is 11.5 Å². The molecule has 70 valence electrons. The molecule has 5 nitrogen and oxygen atoms in total. The molecule has 0 radical (unpaired) electrons. The van der Waals surface area contributed by atoms with Crippen molar-refractivity contribution in [1.29, 1.82) is 0 Å². The lowest BCUT2D eigenvalue weighted by molar-refractivity contribution is 0.382. The van der Waals surface area contributed by atoms with E-state index in [0.717, 1.165) is 0 Å². The van der Waals surface area contributed by atoms with E-state index in [4.69, 9.17) is 19.5 Å². The molecule has 0 bridgehead atoms. The van der Waals surface area contributed by atoms with Crippen LogP contribution in [0.25, 0.3) is 0 Å². The minimum Gasteiger partial charge on any atom is -0.495 e. The summed E-state index contributed by atoms with van der Waals surface area (Å²) in [6, 6.07) is 0. The quantitative estimate of drug-likeness (QED) is 0.574. The Bertz CT molecular complexity index is 270. The number of hydrogen-bond acceptors (Lipinski definition) is 5. The second-order valence-corrected chi connectivity index (χ2v) is 2.33. The van der Waals surface area contributed by atoms with E-state index in [0.29, 0.717) is 0 Å². The normalized spacial score (nSPS) is 9.54. The van der Waals surface area contributed by atoms with Crippen LogP contribution in [0.1, 0.15) is 0 Å². The monoisotopic (exact) mass is 183 g/mol. The standard InChI is InChI=1S/C7H10BNO4/c1-12-5-3-9-4-6(13-2)7(5)8(10)11/h3-4,10-11H,1-2H3. The van der Waals surface area contributed by atoms with Gasteiger partial charge in [-0.05, 0) is 0 Å². The van der Waals surface area contributed by atoms with E-state index in [1.54, 1.807) is 0 Å². The fourth-order valence-electron chi connectivity index (χ4n) is 1.01. The molecule has 0 saturated carbocycles. The molecule has 0 aromatic carbocycles. The van der Waals surface area contributed by atoms with Gasteiger partial charge >= 0.3 is 7.12 Å². The van der Waals surface area contributed by atoms with Crippen LogP contribution in [0.3, 0.4) is 0 Å². The highest BCUT2D eigenvalue weighted by molar-refractivity contribution is 6.60. The lowest BCUT2D eigenvalue weighted by Gasteiger charge is -2.10. The Morgan fingerprint density at radius 3 is 1.92 bits per heavy atom. The summed E-state index contributed by atoms with van der Waals surface area (Å²) in [7, 11) is 1.21. The van der Waals surface area contributed by atoms with E-state index in [2.05, 4.69) is 4.98 Å². The Morgan fingerprint density at radius 1 is 1.15 bits per heavy atom. The van der Waals surface area contributed by atoms with Gasteiger partial charge in [-0.15, -0.1) is 0 Å². The minimum absolute atomic E-state index is 0.181. The Morgan fingerprint density at radius 2 is 1.62 bits per heavy atom. The minimum atomic E-state index is -1.63. The molecule has 0 aliphatic heterocycles. The molecule has 0 unspecified atom stereocenters. The summed E-state index contributed by atoms with van der Waals surface area (Å²) in [6.07, 6.45) is 2.77. The lowest BCUT2D eigenvalue weighted by atomic mass is 9.79. The van der Waals surface area contributed by atoms with Gasteiger partial charge in [-0.3, -0.25) is 4.98 Å². The van der Waals surface area contributed by atoms with Crippen LogP contribution in [-0.2, 0) is 0 Å². The van der Waals surface area contributed by atoms with Crippen LogP contribution in [0, 0.1) is 0 Å². The van der Waals surface area contributed by atoms with E-state index >= 15 is 0 Å². The van der Waals surface area contributed by atoms with Gasteiger partial charge in [0.1, 0.15) is 11.5 Å². The van der Waals surface area contributed by atoms with Crippen LogP contribution in [0.4, 0.5) is 0 Å². The summed E-state index contributed by atoms with van der Waals surface area (Å²) in [5.41, 5.74) is 0.181. The number of ether oxygens (including phenoxy) is 2. The fraction of sp³-hybridized carbons (Fsp3) is 0.286. The van der Waals surface area contributed by atoms with Gasteiger partial charge in [0.2, 0.25) is 0 Å². The molecule has 2 N–H and O–H groups in total. The third-order valence-electron chi connectivity index (χ3n) is 1.61. The maximum atomic E-state index is 9.02. The first-order chi connectivity index (χ1) is 6.20. The van der Waals surface area contributed by atoms with Gasteiger partial charge < -0.3 is 19.5 Å². The van der Waals surface area contributed by atoms with Crippen LogP contribution >= 0.6 is 0 Å². The first kappa shape index (κ1) is 9.82. The molecule has 6 heteroatoms. The molecule has 1 aromatic heterocycles. The zero-order chi connectivity index (χ0) is 9.84. The molecule has 0 saturated heterocycles. The highest BCUT2D eigenvalue weighted by atomic mass is 16.5. The second kappa shape index (κ2) is 4.11. The van der Waals surface area contributed by atoms with E-state index in [1.807, 2.05) is 0 Å². The molecular formula is C7H10BNO4. The molecule has 0 spiro atoms. The molecule has 1 rings (SSSR count). The Kier molecular flexibility index (Phi) is 3.10. The van der Waals surface area contributed by atoms with Crippen LogP contribution in [0.2, 0.25) is 0 Å². The number of hydrogen-bond donors (Lipinski definition) is 2. The maximum absolute atomic E-state index is 9.02. The molecule has 0 aliphatic rings. The van der Waals surface area contributed by atoms with Gasteiger partial charge in [0.25, 0.3) is 0 Å². The highest BCUT2D eigenvalue weighted by Crippen LogP contribution is 2.13. The summed E-state index contributed by atoms with van der Waals surface area (Å²) in [4.78, 5) is 3.80. The van der Waals surface area contributed by atoms with Crippen molar-refractivity contribution in [3.05, 3.63) is 12.4 Å². The van der Waals surface area contributed by atoms with Crippen molar-refractivity contribution in [3.8, 4) is 11.5 Å². The number of methoxy groups -OCH3 is 2. The van der Waals surface area contributed by atoms with Crippen molar-refractivity contribution < 1.29 is 19.5 Å². The van der Waals surface area contributed by atoms with Crippen molar-refractivity contribution >= 4 is 12.6 Å². The number of pyridine rings is 1. The number of aromatic nitrogens is 1. The smallest absolute Gasteiger partial charge is 0.495 e. The largest absolute Gasteiger partial charge is 0.496 e. The summed E-state index contributed by atoms with van der Waals surface area (Å²) < 4.78 is 9.77. The van der Waals surface area contributed by atoms with E-state index in [-0.39, 0.29) is 17.0 Å². The van der Waals surface area contributed by atoms with E-state index in [1.165, 1.54) is 26.6 Å². The van der Waals surface area contributed by atoms with Gasteiger partial charge in [-0.1, -0.05) is 0 Å². The van der Waals surface area contributed by atoms with Crippen molar-refractivity contribution in [3.63, 3.8) is 0 Å². The predicted octanol–water partition coefficient (Wildman–Crippen LogP) is -1.22. The maximum Gasteiger partial charge on any atom is 0.496 e. The van der Waals surface area contributed by atoms with Gasteiger partial charge in [0.15, 0.2) is 0 Å². The number of rotatable bonds is 3. The van der Waals surface area contributed by atoms with Crippen molar-refractivity contribution in [1.82, 2.24) is 4.98 Å². The highest BCUT2D eigenvalue weighted by Gasteiger charge is 2.22. The predicted molar refractivity (Wildman–Crippen MR) is 47.2 cm³/mol. The fourth-order valence-corrected chi connectivity index (χ4v) is 1.01. The van der Waals surface area contributed by atoms with Crippen molar-refractivity contribution in [2.24, 2.45) is 0 Å². The van der Waals surface area contributed by atoms with Crippen LogP contribution < -0.4 is 14.9 Å². The Hall–Kier alpha value is -1.27. The molecule has 1 heterocycles. The van der Waals surface area contributed by atoms with Gasteiger partial charge in [-0.2, -0.15) is 0 Å². The van der Waals surface area contributed by atoms with Crippen LogP contribution in [-0.4, -0.2) is 36.4 Å². The third-order valence-corrected chi connectivity index (χ3v) is 1.61. The molecule has 0 fully saturated rings. The molecular weight excluding hydrogens is 173 g/mol. The molecule has 0 amide bonds. The first-order valence-electron chi connectivity index (χ1n) is 3.62. The van der Waals surface area contributed by atoms with Gasteiger partial charge in [-0.25, -0.2) is 0 Å². The lowest BCUT2D eigenvalue weighted by Crippen LogP contribution is -2.32. The van der Waals surface area contributed by atoms with Gasteiger partial charge in [0, 0.05) is 0 Å².